The Balaban J connectivity index is 4.16. The van der Waals surface area contributed by atoms with Gasteiger partial charge in [0.2, 0.25) is 17.7 Å². The first kappa shape index (κ1) is 17.0. The van der Waals surface area contributed by atoms with Crippen LogP contribution < -0.4 is 21.7 Å². The second-order valence-electron chi connectivity index (χ2n) is 3.93. The van der Waals surface area contributed by atoms with Crippen LogP contribution in [-0.4, -0.2) is 49.2 Å². The van der Waals surface area contributed by atoms with Gasteiger partial charge >= 0.3 is 0 Å². The maximum absolute atomic E-state index is 11.6. The summed E-state index contributed by atoms with van der Waals surface area (Å²) in [6, 6.07) is -0.735. The molecule has 0 bridgehead atoms. The van der Waals surface area contributed by atoms with Crippen molar-refractivity contribution >= 4 is 23.5 Å². The van der Waals surface area contributed by atoms with Crippen LogP contribution in [0.2, 0.25) is 0 Å². The molecule has 0 rings (SSSR count). The highest BCUT2D eigenvalue weighted by atomic mass is 16.2. The third-order valence-electron chi connectivity index (χ3n) is 2.20. The molecule has 8 heteroatoms. The summed E-state index contributed by atoms with van der Waals surface area (Å²) >= 11 is 0. The number of carbonyl (C=O) groups is 4. The molecule has 0 aromatic carbocycles. The van der Waals surface area contributed by atoms with Gasteiger partial charge in [-0.2, -0.15) is 0 Å². The number of nitrogens with two attached hydrogens (primary N) is 1. The number of amides is 3. The average molecular weight is 272 g/mol. The summed E-state index contributed by atoms with van der Waals surface area (Å²) in [5.74, 6) is -1.56. The van der Waals surface area contributed by atoms with Gasteiger partial charge in [0.25, 0.3) is 0 Å². The molecule has 0 fully saturated rings. The first-order chi connectivity index (χ1) is 8.90. The minimum atomic E-state index is -0.735. The largest absolute Gasteiger partial charge is 0.347 e. The van der Waals surface area contributed by atoms with E-state index in [9.17, 15) is 19.2 Å². The van der Waals surface area contributed by atoms with Crippen molar-refractivity contribution in [3.05, 3.63) is 0 Å². The van der Waals surface area contributed by atoms with E-state index in [-0.39, 0.29) is 25.4 Å². The molecule has 0 aliphatic carbocycles. The standard InChI is InChI=1S/C11H20N4O4/c1-3-8(11(19)14-5-7(2)16)15-10(18)6-13-9(17)4-12/h8H,3-6,12H2,1-2H3,(H,13,17)(H,14,19)(H,15,18)/t8-/m0/s1. The van der Waals surface area contributed by atoms with Gasteiger partial charge in [0.1, 0.15) is 11.8 Å². The fourth-order valence-electron chi connectivity index (χ4n) is 1.18. The average Bonchev–Trinajstić information content (AvgIpc) is 2.39. The predicted octanol–water partition coefficient (Wildman–Crippen LogP) is -2.34. The number of hydrogen-bond acceptors (Lipinski definition) is 5. The first-order valence-corrected chi connectivity index (χ1v) is 5.94. The third kappa shape index (κ3) is 7.87. The Morgan fingerprint density at radius 1 is 1.05 bits per heavy atom. The molecular weight excluding hydrogens is 252 g/mol. The van der Waals surface area contributed by atoms with Crippen LogP contribution in [0.5, 0.6) is 0 Å². The third-order valence-corrected chi connectivity index (χ3v) is 2.20. The summed E-state index contributed by atoms with van der Waals surface area (Å²) in [6.45, 7) is 2.55. The maximum Gasteiger partial charge on any atom is 0.242 e. The van der Waals surface area contributed by atoms with Crippen LogP contribution in [0.3, 0.4) is 0 Å². The SMILES string of the molecule is CC[C@H](NC(=O)CNC(=O)CN)C(=O)NCC(C)=O. The van der Waals surface area contributed by atoms with Crippen molar-refractivity contribution in [2.75, 3.05) is 19.6 Å². The van der Waals surface area contributed by atoms with Crippen LogP contribution in [0.1, 0.15) is 20.3 Å². The number of carbonyl (C=O) groups excluding carboxylic acids is 4. The number of nitrogens with one attached hydrogen (secondary N) is 3. The zero-order valence-electron chi connectivity index (χ0n) is 11.1. The lowest BCUT2D eigenvalue weighted by Crippen LogP contribution is -2.50. The number of ketones is 1. The molecule has 0 aromatic rings. The molecule has 108 valence electrons. The molecule has 0 aliphatic rings. The van der Waals surface area contributed by atoms with E-state index < -0.39 is 23.8 Å². The maximum atomic E-state index is 11.6. The molecule has 5 N–H and O–H groups in total. The Kier molecular flexibility index (Phi) is 8.10. The second-order valence-corrected chi connectivity index (χ2v) is 3.93. The Hall–Kier alpha value is -1.96. The van der Waals surface area contributed by atoms with Crippen LogP contribution in [0.4, 0.5) is 0 Å². The van der Waals surface area contributed by atoms with Crippen molar-refractivity contribution in [2.45, 2.75) is 26.3 Å². The normalized spacial score (nSPS) is 11.3. The Bertz CT molecular complexity index is 357. The molecule has 0 heterocycles. The van der Waals surface area contributed by atoms with Crippen molar-refractivity contribution in [2.24, 2.45) is 5.73 Å². The Labute approximate surface area is 111 Å². The van der Waals surface area contributed by atoms with E-state index in [2.05, 4.69) is 16.0 Å². The minimum absolute atomic E-state index is 0.0743. The molecule has 0 unspecified atom stereocenters. The molecule has 19 heavy (non-hydrogen) atoms. The monoisotopic (exact) mass is 272 g/mol. The molecule has 0 aliphatic heterocycles. The molecule has 0 spiro atoms. The van der Waals surface area contributed by atoms with Gasteiger partial charge in [-0.25, -0.2) is 0 Å². The zero-order chi connectivity index (χ0) is 14.8. The fourth-order valence-corrected chi connectivity index (χ4v) is 1.18. The van der Waals surface area contributed by atoms with Crippen molar-refractivity contribution in [3.63, 3.8) is 0 Å². The summed E-state index contributed by atoms with van der Waals surface area (Å²) in [5.41, 5.74) is 5.06. The van der Waals surface area contributed by atoms with E-state index in [1.807, 2.05) is 0 Å². The highest BCUT2D eigenvalue weighted by Gasteiger charge is 2.18. The van der Waals surface area contributed by atoms with Crippen LogP contribution in [0.25, 0.3) is 0 Å². The quantitative estimate of drug-likeness (QED) is 0.393. The predicted molar refractivity (Wildman–Crippen MR) is 68.0 cm³/mol. The molecule has 0 saturated heterocycles. The fraction of sp³-hybridized carbons (Fsp3) is 0.636. The Morgan fingerprint density at radius 3 is 2.16 bits per heavy atom. The van der Waals surface area contributed by atoms with Crippen LogP contribution in [0, 0.1) is 0 Å². The summed E-state index contributed by atoms with van der Waals surface area (Å²) in [6.07, 6.45) is 0.375. The lowest BCUT2D eigenvalue weighted by atomic mass is 10.2. The van der Waals surface area contributed by atoms with Gasteiger partial charge < -0.3 is 21.7 Å². The summed E-state index contributed by atoms with van der Waals surface area (Å²) < 4.78 is 0. The van der Waals surface area contributed by atoms with Crippen molar-refractivity contribution in [1.82, 2.24) is 16.0 Å². The molecule has 0 saturated carbocycles. The van der Waals surface area contributed by atoms with Gasteiger partial charge in [-0.05, 0) is 13.3 Å². The van der Waals surface area contributed by atoms with Crippen LogP contribution >= 0.6 is 0 Å². The van der Waals surface area contributed by atoms with Gasteiger partial charge in [0, 0.05) is 0 Å². The molecular formula is C11H20N4O4. The summed E-state index contributed by atoms with van der Waals surface area (Å²) in [7, 11) is 0. The van der Waals surface area contributed by atoms with E-state index in [4.69, 9.17) is 5.73 Å². The Morgan fingerprint density at radius 2 is 1.68 bits per heavy atom. The number of hydrogen-bond donors (Lipinski definition) is 4. The van der Waals surface area contributed by atoms with Crippen LogP contribution in [-0.2, 0) is 19.2 Å². The van der Waals surface area contributed by atoms with Gasteiger partial charge in [-0.15, -0.1) is 0 Å². The van der Waals surface area contributed by atoms with E-state index in [0.717, 1.165) is 0 Å². The van der Waals surface area contributed by atoms with Crippen molar-refractivity contribution in [3.8, 4) is 0 Å². The van der Waals surface area contributed by atoms with Crippen LogP contribution in [0.15, 0.2) is 0 Å². The highest BCUT2D eigenvalue weighted by molar-refractivity contribution is 5.92. The highest BCUT2D eigenvalue weighted by Crippen LogP contribution is 1.91. The summed E-state index contributed by atoms with van der Waals surface area (Å²) in [4.78, 5) is 44.7. The lowest BCUT2D eigenvalue weighted by molar-refractivity contribution is -0.130. The lowest BCUT2D eigenvalue weighted by Gasteiger charge is -2.16. The topological polar surface area (TPSA) is 130 Å². The van der Waals surface area contributed by atoms with Gasteiger partial charge in [-0.3, -0.25) is 19.2 Å². The second kappa shape index (κ2) is 9.03. The molecule has 0 aromatic heterocycles. The summed E-state index contributed by atoms with van der Waals surface area (Å²) in [5, 5.41) is 7.14. The molecule has 0 radical (unpaired) electrons. The van der Waals surface area contributed by atoms with Crippen molar-refractivity contribution < 1.29 is 19.2 Å². The number of rotatable bonds is 8. The molecule has 8 nitrogen and oxygen atoms in total. The van der Waals surface area contributed by atoms with Crippen molar-refractivity contribution in [1.29, 1.82) is 0 Å². The molecule has 3 amide bonds. The van der Waals surface area contributed by atoms with Gasteiger partial charge in [0.05, 0.1) is 19.6 Å². The van der Waals surface area contributed by atoms with E-state index in [1.54, 1.807) is 6.92 Å². The smallest absolute Gasteiger partial charge is 0.242 e. The first-order valence-electron chi connectivity index (χ1n) is 5.94. The molecule has 1 atom stereocenters. The number of Topliss-reactive ketones (excluding diaryl/α,β-unsaturated/α-hetero) is 1. The minimum Gasteiger partial charge on any atom is -0.347 e. The van der Waals surface area contributed by atoms with Gasteiger partial charge in [-0.1, -0.05) is 6.92 Å². The van der Waals surface area contributed by atoms with E-state index in [0.29, 0.717) is 6.42 Å². The van der Waals surface area contributed by atoms with E-state index in [1.165, 1.54) is 6.92 Å². The zero-order valence-corrected chi connectivity index (χ0v) is 11.1. The van der Waals surface area contributed by atoms with Gasteiger partial charge in [0.15, 0.2) is 0 Å². The van der Waals surface area contributed by atoms with E-state index >= 15 is 0 Å².